The van der Waals surface area contributed by atoms with E-state index in [1.165, 1.54) is 7.11 Å². The third-order valence-corrected chi connectivity index (χ3v) is 4.01. The van der Waals surface area contributed by atoms with E-state index >= 15 is 0 Å². The normalized spacial score (nSPS) is 20.0. The van der Waals surface area contributed by atoms with Crippen molar-refractivity contribution in [2.45, 2.75) is 44.7 Å². The minimum absolute atomic E-state index is 0.0678. The van der Waals surface area contributed by atoms with Gasteiger partial charge in [0.25, 0.3) is 0 Å². The Morgan fingerprint density at radius 2 is 1.84 bits per heavy atom. The van der Waals surface area contributed by atoms with Gasteiger partial charge in [0.1, 0.15) is 6.10 Å². The van der Waals surface area contributed by atoms with Crippen molar-refractivity contribution in [1.29, 1.82) is 0 Å². The van der Waals surface area contributed by atoms with E-state index in [2.05, 4.69) is 0 Å². The summed E-state index contributed by atoms with van der Waals surface area (Å²) < 4.78 is 33.0. The molecule has 1 heterocycles. The summed E-state index contributed by atoms with van der Waals surface area (Å²) in [7, 11) is 4.62. The van der Waals surface area contributed by atoms with Gasteiger partial charge in [0.2, 0.25) is 5.75 Å². The zero-order chi connectivity index (χ0) is 18.2. The Morgan fingerprint density at radius 3 is 2.32 bits per heavy atom. The second-order valence-electron chi connectivity index (χ2n) is 5.90. The minimum Gasteiger partial charge on any atom is -0.493 e. The van der Waals surface area contributed by atoms with Gasteiger partial charge in [-0.15, -0.1) is 0 Å². The molecule has 1 unspecified atom stereocenters. The standard InChI is InChI=1S/C18H28O7/c1-12(19)17(25-16-7-5-6-8-23-16)13-9-14(21-3)18(24-11-20-2)15(10-13)22-4/h9-10,12,16-17,19H,5-8,11H2,1-4H3/t12-,16?,17+/m1/s1. The number of methoxy groups -OCH3 is 3. The molecule has 0 amide bonds. The Morgan fingerprint density at radius 1 is 1.16 bits per heavy atom. The van der Waals surface area contributed by atoms with Crippen LogP contribution < -0.4 is 14.2 Å². The van der Waals surface area contributed by atoms with Gasteiger partial charge in [0, 0.05) is 13.7 Å². The molecule has 1 aromatic carbocycles. The molecule has 1 aliphatic rings. The molecule has 1 saturated heterocycles. The average Bonchev–Trinajstić information content (AvgIpc) is 2.64. The number of rotatable bonds is 9. The second-order valence-corrected chi connectivity index (χ2v) is 5.90. The van der Waals surface area contributed by atoms with Gasteiger partial charge in [-0.25, -0.2) is 0 Å². The molecule has 0 spiro atoms. The van der Waals surface area contributed by atoms with Gasteiger partial charge in [0.05, 0.1) is 20.3 Å². The van der Waals surface area contributed by atoms with Crippen LogP contribution in [0.15, 0.2) is 12.1 Å². The number of benzene rings is 1. The van der Waals surface area contributed by atoms with Crippen molar-refractivity contribution in [1.82, 2.24) is 0 Å². The molecule has 0 radical (unpaired) electrons. The first-order valence-electron chi connectivity index (χ1n) is 8.43. The first-order chi connectivity index (χ1) is 12.1. The van der Waals surface area contributed by atoms with Crippen molar-refractivity contribution in [3.8, 4) is 17.2 Å². The van der Waals surface area contributed by atoms with Crippen LogP contribution >= 0.6 is 0 Å². The predicted molar refractivity (Wildman–Crippen MR) is 91.1 cm³/mol. The molecule has 7 heteroatoms. The van der Waals surface area contributed by atoms with E-state index in [1.54, 1.807) is 33.3 Å². The van der Waals surface area contributed by atoms with Crippen molar-refractivity contribution in [2.75, 3.05) is 34.7 Å². The Kier molecular flexibility index (Phi) is 7.77. The number of aliphatic hydroxyl groups excluding tert-OH is 1. The van der Waals surface area contributed by atoms with E-state index in [0.717, 1.165) is 24.8 Å². The topological polar surface area (TPSA) is 75.6 Å². The average molecular weight is 356 g/mol. The molecule has 0 saturated carbocycles. The SMILES string of the molecule is COCOc1c(OC)cc([C@@H](OC2CCCCO2)[C@@H](C)O)cc1OC. The molecule has 7 nitrogen and oxygen atoms in total. The highest BCUT2D eigenvalue weighted by Crippen LogP contribution is 2.41. The van der Waals surface area contributed by atoms with E-state index in [-0.39, 0.29) is 13.1 Å². The maximum Gasteiger partial charge on any atom is 0.206 e. The fourth-order valence-corrected chi connectivity index (χ4v) is 2.78. The quantitative estimate of drug-likeness (QED) is 0.682. The Bertz CT molecular complexity index is 501. The lowest BCUT2D eigenvalue weighted by Crippen LogP contribution is -2.29. The van der Waals surface area contributed by atoms with Crippen molar-refractivity contribution < 1.29 is 33.5 Å². The van der Waals surface area contributed by atoms with Crippen LogP contribution in [-0.2, 0) is 14.2 Å². The molecule has 1 fully saturated rings. The highest BCUT2D eigenvalue weighted by molar-refractivity contribution is 5.54. The number of aliphatic hydroxyl groups is 1. The lowest BCUT2D eigenvalue weighted by Gasteiger charge is -2.30. The van der Waals surface area contributed by atoms with E-state index in [9.17, 15) is 5.11 Å². The molecule has 0 bridgehead atoms. The van der Waals surface area contributed by atoms with Crippen LogP contribution in [0.4, 0.5) is 0 Å². The Hall–Kier alpha value is -1.54. The van der Waals surface area contributed by atoms with E-state index in [1.807, 2.05) is 0 Å². The maximum atomic E-state index is 10.2. The lowest BCUT2D eigenvalue weighted by atomic mass is 10.0. The van der Waals surface area contributed by atoms with Crippen LogP contribution in [0, 0.1) is 0 Å². The zero-order valence-corrected chi connectivity index (χ0v) is 15.3. The Labute approximate surface area is 148 Å². The first kappa shape index (κ1) is 19.8. The number of hydrogen-bond acceptors (Lipinski definition) is 7. The van der Waals surface area contributed by atoms with Crippen molar-refractivity contribution in [3.05, 3.63) is 17.7 Å². The van der Waals surface area contributed by atoms with E-state index < -0.39 is 12.2 Å². The molecule has 25 heavy (non-hydrogen) atoms. The molecular weight excluding hydrogens is 328 g/mol. The van der Waals surface area contributed by atoms with E-state index in [4.69, 9.17) is 28.4 Å². The molecule has 0 aliphatic carbocycles. The molecule has 2 rings (SSSR count). The van der Waals surface area contributed by atoms with Crippen LogP contribution in [0.25, 0.3) is 0 Å². The van der Waals surface area contributed by atoms with Gasteiger partial charge in [-0.05, 0) is 43.9 Å². The zero-order valence-electron chi connectivity index (χ0n) is 15.3. The summed E-state index contributed by atoms with van der Waals surface area (Å²) in [6.45, 7) is 2.42. The number of hydrogen-bond donors (Lipinski definition) is 1. The van der Waals surface area contributed by atoms with Gasteiger partial charge in [-0.3, -0.25) is 0 Å². The summed E-state index contributed by atoms with van der Waals surface area (Å²) in [6.07, 6.45) is 1.27. The van der Waals surface area contributed by atoms with Crippen molar-refractivity contribution in [2.24, 2.45) is 0 Å². The van der Waals surface area contributed by atoms with Crippen molar-refractivity contribution >= 4 is 0 Å². The van der Waals surface area contributed by atoms with Crippen LogP contribution in [0.1, 0.15) is 37.9 Å². The summed E-state index contributed by atoms with van der Waals surface area (Å²) in [5, 5.41) is 10.2. The fraction of sp³-hybridized carbons (Fsp3) is 0.667. The molecule has 142 valence electrons. The molecule has 1 aromatic rings. The van der Waals surface area contributed by atoms with Crippen LogP contribution in [0.2, 0.25) is 0 Å². The summed E-state index contributed by atoms with van der Waals surface area (Å²) in [4.78, 5) is 0. The predicted octanol–water partition coefficient (Wildman–Crippen LogP) is 2.65. The number of ether oxygens (including phenoxy) is 6. The molecule has 1 aliphatic heterocycles. The van der Waals surface area contributed by atoms with Gasteiger partial charge in [-0.1, -0.05) is 0 Å². The van der Waals surface area contributed by atoms with Gasteiger partial charge in [-0.2, -0.15) is 0 Å². The summed E-state index contributed by atoms with van der Waals surface area (Å²) >= 11 is 0. The van der Waals surface area contributed by atoms with Crippen LogP contribution in [0.5, 0.6) is 17.2 Å². The van der Waals surface area contributed by atoms with Gasteiger partial charge < -0.3 is 33.5 Å². The van der Waals surface area contributed by atoms with Gasteiger partial charge in [0.15, 0.2) is 24.6 Å². The van der Waals surface area contributed by atoms with Crippen LogP contribution in [0.3, 0.4) is 0 Å². The second kappa shape index (κ2) is 9.82. The van der Waals surface area contributed by atoms with E-state index in [0.29, 0.717) is 23.9 Å². The van der Waals surface area contributed by atoms with Crippen LogP contribution in [-0.4, -0.2) is 52.2 Å². The Balaban J connectivity index is 2.29. The first-order valence-corrected chi connectivity index (χ1v) is 8.43. The molecule has 1 N–H and O–H groups in total. The molecular formula is C18H28O7. The summed E-state index contributed by atoms with van der Waals surface area (Å²) in [5.41, 5.74) is 0.725. The summed E-state index contributed by atoms with van der Waals surface area (Å²) in [6, 6.07) is 3.54. The third-order valence-electron chi connectivity index (χ3n) is 4.01. The largest absolute Gasteiger partial charge is 0.493 e. The third kappa shape index (κ3) is 5.22. The fourth-order valence-electron chi connectivity index (χ4n) is 2.78. The molecule has 0 aromatic heterocycles. The minimum atomic E-state index is -0.731. The smallest absolute Gasteiger partial charge is 0.206 e. The maximum absolute atomic E-state index is 10.2. The monoisotopic (exact) mass is 356 g/mol. The molecule has 3 atom stereocenters. The highest BCUT2D eigenvalue weighted by atomic mass is 16.7. The van der Waals surface area contributed by atoms with Gasteiger partial charge >= 0.3 is 0 Å². The summed E-state index contributed by atoms with van der Waals surface area (Å²) in [5.74, 6) is 1.39. The highest BCUT2D eigenvalue weighted by Gasteiger charge is 2.27. The lowest BCUT2D eigenvalue weighted by molar-refractivity contribution is -0.207. The van der Waals surface area contributed by atoms with Crippen molar-refractivity contribution in [3.63, 3.8) is 0 Å².